The van der Waals surface area contributed by atoms with E-state index in [9.17, 15) is 18.7 Å². The largest absolute Gasteiger partial charge is 0.508 e. The zero-order valence-corrected chi connectivity index (χ0v) is 12.7. The molecule has 0 bridgehead atoms. The number of rotatable bonds is 6. The SMILES string of the molecule is CC(=O)/C=C(/CCCC(F)F)c1ccc(O)cc1C.CN. The van der Waals surface area contributed by atoms with Crippen molar-refractivity contribution >= 4 is 11.4 Å². The molecule has 0 heterocycles. The van der Waals surface area contributed by atoms with Crippen LogP contribution in [-0.2, 0) is 4.79 Å². The van der Waals surface area contributed by atoms with Gasteiger partial charge in [0.15, 0.2) is 5.78 Å². The molecule has 5 heteroatoms. The Morgan fingerprint density at radius 1 is 1.38 bits per heavy atom. The first-order valence-electron chi connectivity index (χ1n) is 6.77. The van der Waals surface area contributed by atoms with E-state index in [0.717, 1.165) is 16.7 Å². The van der Waals surface area contributed by atoms with Crippen molar-refractivity contribution in [2.24, 2.45) is 5.73 Å². The number of ketones is 1. The van der Waals surface area contributed by atoms with Crippen molar-refractivity contribution in [2.45, 2.75) is 39.5 Å². The summed E-state index contributed by atoms with van der Waals surface area (Å²) in [6, 6.07) is 4.83. The summed E-state index contributed by atoms with van der Waals surface area (Å²) in [7, 11) is 1.50. The van der Waals surface area contributed by atoms with Crippen LogP contribution in [0.3, 0.4) is 0 Å². The van der Waals surface area contributed by atoms with Crippen molar-refractivity contribution in [3.05, 3.63) is 35.4 Å². The smallest absolute Gasteiger partial charge is 0.238 e. The number of halogens is 2. The fraction of sp³-hybridized carbons (Fsp3) is 0.438. The maximum absolute atomic E-state index is 12.2. The van der Waals surface area contributed by atoms with Crippen LogP contribution in [0.2, 0.25) is 0 Å². The van der Waals surface area contributed by atoms with E-state index in [4.69, 9.17) is 0 Å². The van der Waals surface area contributed by atoms with Gasteiger partial charge in [0.25, 0.3) is 0 Å². The van der Waals surface area contributed by atoms with Crippen LogP contribution in [0.5, 0.6) is 5.75 Å². The summed E-state index contributed by atoms with van der Waals surface area (Å²) in [5.41, 5.74) is 6.89. The lowest BCUT2D eigenvalue weighted by atomic mass is 9.95. The van der Waals surface area contributed by atoms with Gasteiger partial charge in [0.1, 0.15) is 5.75 Å². The lowest BCUT2D eigenvalue weighted by Gasteiger charge is -2.11. The third-order valence-electron chi connectivity index (χ3n) is 2.80. The molecule has 0 aliphatic carbocycles. The number of benzene rings is 1. The minimum Gasteiger partial charge on any atom is -0.508 e. The molecule has 0 aliphatic rings. The zero-order valence-electron chi connectivity index (χ0n) is 12.7. The average molecular weight is 299 g/mol. The summed E-state index contributed by atoms with van der Waals surface area (Å²) >= 11 is 0. The van der Waals surface area contributed by atoms with Gasteiger partial charge in [0, 0.05) is 6.42 Å². The van der Waals surface area contributed by atoms with E-state index in [2.05, 4.69) is 5.73 Å². The average Bonchev–Trinajstić information content (AvgIpc) is 2.39. The van der Waals surface area contributed by atoms with Crippen LogP contribution in [-0.4, -0.2) is 24.4 Å². The number of allylic oxidation sites excluding steroid dienone is 2. The molecule has 0 spiro atoms. The molecule has 3 N–H and O–H groups in total. The van der Waals surface area contributed by atoms with Gasteiger partial charge < -0.3 is 10.8 Å². The third kappa shape index (κ3) is 7.56. The van der Waals surface area contributed by atoms with Gasteiger partial charge in [0.2, 0.25) is 6.43 Å². The second kappa shape index (κ2) is 10.0. The number of hydrogen-bond donors (Lipinski definition) is 2. The molecular weight excluding hydrogens is 276 g/mol. The third-order valence-corrected chi connectivity index (χ3v) is 2.80. The van der Waals surface area contributed by atoms with Crippen molar-refractivity contribution in [1.82, 2.24) is 0 Å². The molecule has 0 amide bonds. The van der Waals surface area contributed by atoms with Crippen LogP contribution in [0.4, 0.5) is 8.78 Å². The van der Waals surface area contributed by atoms with E-state index in [0.29, 0.717) is 12.8 Å². The van der Waals surface area contributed by atoms with Gasteiger partial charge in [-0.3, -0.25) is 4.79 Å². The lowest BCUT2D eigenvalue weighted by Crippen LogP contribution is -1.96. The summed E-state index contributed by atoms with van der Waals surface area (Å²) in [5.74, 6) is 0.0375. The van der Waals surface area contributed by atoms with Crippen molar-refractivity contribution in [1.29, 1.82) is 0 Å². The summed E-state index contributed by atoms with van der Waals surface area (Å²) in [5, 5.41) is 9.36. The summed E-state index contributed by atoms with van der Waals surface area (Å²) in [6.07, 6.45) is -0.261. The number of nitrogens with two attached hydrogens (primary N) is 1. The molecule has 0 aliphatic heterocycles. The van der Waals surface area contributed by atoms with Crippen molar-refractivity contribution in [3.8, 4) is 5.75 Å². The number of phenols is 1. The Balaban J connectivity index is 0.00000191. The molecule has 0 atom stereocenters. The molecule has 118 valence electrons. The molecule has 21 heavy (non-hydrogen) atoms. The van der Waals surface area contributed by atoms with Gasteiger partial charge in [-0.2, -0.15) is 0 Å². The minimum absolute atomic E-state index is 0.112. The van der Waals surface area contributed by atoms with Crippen LogP contribution in [0, 0.1) is 6.92 Å². The molecule has 3 nitrogen and oxygen atoms in total. The van der Waals surface area contributed by atoms with E-state index >= 15 is 0 Å². The predicted octanol–water partition coefficient (Wildman–Crippen LogP) is 3.68. The van der Waals surface area contributed by atoms with Gasteiger partial charge in [-0.25, -0.2) is 8.78 Å². The molecule has 1 aromatic rings. The van der Waals surface area contributed by atoms with E-state index in [1.807, 2.05) is 6.92 Å². The van der Waals surface area contributed by atoms with Gasteiger partial charge >= 0.3 is 0 Å². The number of aryl methyl sites for hydroxylation is 1. The second-order valence-corrected chi connectivity index (χ2v) is 4.56. The predicted molar refractivity (Wildman–Crippen MR) is 81.5 cm³/mol. The Morgan fingerprint density at radius 3 is 2.48 bits per heavy atom. The Kier molecular flexibility index (Phi) is 9.21. The highest BCUT2D eigenvalue weighted by molar-refractivity contribution is 5.95. The Morgan fingerprint density at radius 2 is 2.00 bits per heavy atom. The van der Waals surface area contributed by atoms with Crippen LogP contribution in [0.15, 0.2) is 24.3 Å². The zero-order chi connectivity index (χ0) is 16.4. The summed E-state index contributed by atoms with van der Waals surface area (Å²) in [6.45, 7) is 3.25. The highest BCUT2D eigenvalue weighted by Crippen LogP contribution is 2.27. The highest BCUT2D eigenvalue weighted by Gasteiger charge is 2.09. The lowest BCUT2D eigenvalue weighted by molar-refractivity contribution is -0.112. The minimum atomic E-state index is -2.32. The van der Waals surface area contributed by atoms with Gasteiger partial charge in [-0.1, -0.05) is 6.07 Å². The summed E-state index contributed by atoms with van der Waals surface area (Å²) < 4.78 is 24.3. The van der Waals surface area contributed by atoms with Crippen molar-refractivity contribution < 1.29 is 18.7 Å². The first kappa shape index (κ1) is 19.2. The van der Waals surface area contributed by atoms with Crippen LogP contribution in [0.25, 0.3) is 5.57 Å². The summed E-state index contributed by atoms with van der Waals surface area (Å²) in [4.78, 5) is 11.2. The Bertz CT molecular complexity index is 485. The molecule has 0 radical (unpaired) electrons. The van der Waals surface area contributed by atoms with Crippen LogP contribution < -0.4 is 5.73 Å². The molecule has 1 rings (SSSR count). The Hall–Kier alpha value is -1.75. The number of hydrogen-bond acceptors (Lipinski definition) is 3. The van der Waals surface area contributed by atoms with Crippen molar-refractivity contribution in [2.75, 3.05) is 7.05 Å². The molecular formula is C16H23F2NO2. The normalized spacial score (nSPS) is 11.1. The Labute approximate surface area is 124 Å². The molecule has 0 saturated heterocycles. The number of alkyl halides is 2. The maximum atomic E-state index is 12.2. The monoisotopic (exact) mass is 299 g/mol. The van der Waals surface area contributed by atoms with Crippen LogP contribution >= 0.6 is 0 Å². The standard InChI is InChI=1S/C15H18F2O2.CH5N/c1-10-8-13(19)6-7-14(10)12(9-11(2)18)4-3-5-15(16)17;1-2/h6-9,15,19H,3-5H2,1-2H3;2H2,1H3/b12-9-;. The second-order valence-electron chi connectivity index (χ2n) is 4.56. The van der Waals surface area contributed by atoms with E-state index in [-0.39, 0.29) is 18.0 Å². The van der Waals surface area contributed by atoms with Gasteiger partial charge in [-0.05, 0) is 68.6 Å². The van der Waals surface area contributed by atoms with Gasteiger partial charge in [0.05, 0.1) is 0 Å². The first-order chi connectivity index (χ1) is 9.90. The van der Waals surface area contributed by atoms with E-state index in [1.54, 1.807) is 12.1 Å². The quantitative estimate of drug-likeness (QED) is 0.788. The molecule has 0 saturated carbocycles. The van der Waals surface area contributed by atoms with Gasteiger partial charge in [-0.15, -0.1) is 0 Å². The first-order valence-corrected chi connectivity index (χ1v) is 6.77. The van der Waals surface area contributed by atoms with E-state index in [1.165, 1.54) is 26.1 Å². The van der Waals surface area contributed by atoms with E-state index < -0.39 is 6.43 Å². The highest BCUT2D eigenvalue weighted by atomic mass is 19.3. The number of carbonyl (C=O) groups is 1. The fourth-order valence-electron chi connectivity index (χ4n) is 1.98. The molecule has 0 aromatic heterocycles. The number of carbonyl (C=O) groups excluding carboxylic acids is 1. The molecule has 0 unspecified atom stereocenters. The number of phenolic OH excluding ortho intramolecular Hbond substituents is 1. The molecule has 1 aromatic carbocycles. The van der Waals surface area contributed by atoms with Crippen LogP contribution in [0.1, 0.15) is 37.3 Å². The fourth-order valence-corrected chi connectivity index (χ4v) is 1.98. The van der Waals surface area contributed by atoms with Crippen molar-refractivity contribution in [3.63, 3.8) is 0 Å². The number of aromatic hydroxyl groups is 1. The maximum Gasteiger partial charge on any atom is 0.238 e. The molecule has 0 fully saturated rings. The topological polar surface area (TPSA) is 63.3 Å².